The van der Waals surface area contributed by atoms with Gasteiger partial charge >= 0.3 is 0 Å². The first-order valence-electron chi connectivity index (χ1n) is 9.87. The molecule has 0 amide bonds. The minimum atomic E-state index is 0.0134. The Morgan fingerprint density at radius 3 is 1.35 bits per heavy atom. The molecule has 1 aromatic heterocycles. The molecule has 0 saturated heterocycles. The largest absolute Gasteiger partial charge is 0.344 e. The molecule has 3 heterocycles. The summed E-state index contributed by atoms with van der Waals surface area (Å²) < 4.78 is 2.40. The molecule has 0 aliphatic carbocycles. The molecule has 0 spiro atoms. The zero-order valence-electron chi connectivity index (χ0n) is 18.2. The van der Waals surface area contributed by atoms with Crippen LogP contribution in [0.3, 0.4) is 0 Å². The van der Waals surface area contributed by atoms with Gasteiger partial charge in [-0.3, -0.25) is 0 Å². The molecule has 0 saturated carbocycles. The second kappa shape index (κ2) is 5.84. The summed E-state index contributed by atoms with van der Waals surface area (Å²) in [6.45, 7) is 18.2. The second-order valence-corrected chi connectivity index (χ2v) is 10.8. The number of nitrogens with one attached hydrogen (secondary N) is 2. The lowest BCUT2D eigenvalue weighted by Crippen LogP contribution is -2.54. The van der Waals surface area contributed by atoms with Gasteiger partial charge in [-0.15, -0.1) is 0 Å². The van der Waals surface area contributed by atoms with E-state index < -0.39 is 0 Å². The number of hydrogen-bond acceptors (Lipinski definition) is 2. The van der Waals surface area contributed by atoms with Crippen molar-refractivity contribution in [3.8, 4) is 0 Å². The number of rotatable bonds is 2. The highest BCUT2D eigenvalue weighted by atomic mass is 15.1. The zero-order valence-corrected chi connectivity index (χ0v) is 18.2. The number of nitrogens with zero attached hydrogens (tertiary/aromatic N) is 1. The van der Waals surface area contributed by atoms with Crippen LogP contribution in [0.2, 0.25) is 0 Å². The standard InChI is InChI=1S/C23H37N3/c1-20(2)12-16(13-21(3,4)24-20)18-10-11-19(26(18)9)17-14-22(5,6)25-23(7,8)15-17/h10-12,14,24-25H,13,15H2,1-9H3. The minimum absolute atomic E-state index is 0.0134. The molecule has 0 radical (unpaired) electrons. The van der Waals surface area contributed by atoms with Crippen molar-refractivity contribution in [2.75, 3.05) is 0 Å². The highest BCUT2D eigenvalue weighted by Crippen LogP contribution is 2.38. The number of hydrogen-bond donors (Lipinski definition) is 2. The average molecular weight is 356 g/mol. The van der Waals surface area contributed by atoms with E-state index in [0.717, 1.165) is 12.8 Å². The maximum atomic E-state index is 3.74. The molecule has 0 aromatic carbocycles. The van der Waals surface area contributed by atoms with Gasteiger partial charge in [0.25, 0.3) is 0 Å². The molecule has 3 nitrogen and oxygen atoms in total. The molecule has 0 fully saturated rings. The fourth-order valence-electron chi connectivity index (χ4n) is 5.32. The zero-order chi connectivity index (χ0) is 19.5. The van der Waals surface area contributed by atoms with Crippen molar-refractivity contribution in [1.29, 1.82) is 0 Å². The van der Waals surface area contributed by atoms with E-state index in [4.69, 9.17) is 0 Å². The normalized spacial score (nSPS) is 26.2. The molecule has 144 valence electrons. The molecule has 2 N–H and O–H groups in total. The summed E-state index contributed by atoms with van der Waals surface area (Å²) in [5.74, 6) is 0. The van der Waals surface area contributed by atoms with Gasteiger partial charge in [-0.05, 0) is 91.5 Å². The third-order valence-electron chi connectivity index (χ3n) is 5.44. The van der Waals surface area contributed by atoms with Gasteiger partial charge in [-0.2, -0.15) is 0 Å². The number of aromatic nitrogens is 1. The van der Waals surface area contributed by atoms with Crippen LogP contribution in [0.5, 0.6) is 0 Å². The van der Waals surface area contributed by atoms with Gasteiger partial charge in [-0.1, -0.05) is 12.2 Å². The molecule has 2 aliphatic rings. The van der Waals surface area contributed by atoms with E-state index in [-0.39, 0.29) is 22.2 Å². The Labute approximate surface area is 159 Å². The third-order valence-corrected chi connectivity index (χ3v) is 5.44. The fraction of sp³-hybridized carbons (Fsp3) is 0.652. The van der Waals surface area contributed by atoms with Gasteiger partial charge in [0.15, 0.2) is 0 Å². The van der Waals surface area contributed by atoms with Gasteiger partial charge in [0.2, 0.25) is 0 Å². The Kier molecular flexibility index (Phi) is 4.36. The highest BCUT2D eigenvalue weighted by Gasteiger charge is 2.35. The van der Waals surface area contributed by atoms with Crippen LogP contribution in [0, 0.1) is 0 Å². The Morgan fingerprint density at radius 2 is 1.04 bits per heavy atom. The highest BCUT2D eigenvalue weighted by molar-refractivity contribution is 5.73. The summed E-state index contributed by atoms with van der Waals surface area (Å²) in [5, 5.41) is 7.48. The lowest BCUT2D eigenvalue weighted by molar-refractivity contribution is 0.296. The Morgan fingerprint density at radius 1 is 0.692 bits per heavy atom. The fourth-order valence-corrected chi connectivity index (χ4v) is 5.32. The Bertz CT molecular complexity index is 706. The van der Waals surface area contributed by atoms with Crippen molar-refractivity contribution in [3.05, 3.63) is 35.7 Å². The van der Waals surface area contributed by atoms with Crippen LogP contribution in [-0.2, 0) is 7.05 Å². The summed E-state index contributed by atoms with van der Waals surface area (Å²) in [5.41, 5.74) is 5.82. The van der Waals surface area contributed by atoms with Crippen LogP contribution < -0.4 is 10.6 Å². The second-order valence-electron chi connectivity index (χ2n) is 10.8. The quantitative estimate of drug-likeness (QED) is 0.790. The molecule has 26 heavy (non-hydrogen) atoms. The lowest BCUT2D eigenvalue weighted by atomic mass is 9.82. The smallest absolute Gasteiger partial charge is 0.0439 e. The SMILES string of the molecule is Cn1c(C2=CC(C)(C)NC(C)(C)C2)ccc1C1=CC(C)(C)NC(C)(C)C1. The average Bonchev–Trinajstić information content (AvgIpc) is 2.73. The van der Waals surface area contributed by atoms with Gasteiger partial charge in [0.1, 0.15) is 0 Å². The van der Waals surface area contributed by atoms with E-state index in [9.17, 15) is 0 Å². The molecule has 0 atom stereocenters. The van der Waals surface area contributed by atoms with Crippen molar-refractivity contribution in [2.45, 2.75) is 90.4 Å². The van der Waals surface area contributed by atoms with E-state index >= 15 is 0 Å². The summed E-state index contributed by atoms with van der Waals surface area (Å²) in [6, 6.07) is 4.61. The Hall–Kier alpha value is -1.32. The molecule has 3 rings (SSSR count). The molecule has 0 unspecified atom stereocenters. The van der Waals surface area contributed by atoms with Crippen LogP contribution in [0.4, 0.5) is 0 Å². The molecule has 3 heteroatoms. The monoisotopic (exact) mass is 355 g/mol. The topological polar surface area (TPSA) is 29.0 Å². The molecule has 0 bridgehead atoms. The summed E-state index contributed by atoms with van der Waals surface area (Å²) in [6.07, 6.45) is 6.90. The predicted octanol–water partition coefficient (Wildman–Crippen LogP) is 4.89. The van der Waals surface area contributed by atoms with Crippen molar-refractivity contribution in [2.24, 2.45) is 7.05 Å². The van der Waals surface area contributed by atoms with Gasteiger partial charge in [0, 0.05) is 40.6 Å². The van der Waals surface area contributed by atoms with E-state index in [2.05, 4.69) is 102 Å². The molecule has 1 aromatic rings. The maximum Gasteiger partial charge on any atom is 0.0439 e. The van der Waals surface area contributed by atoms with E-state index in [1.54, 1.807) is 0 Å². The van der Waals surface area contributed by atoms with Crippen molar-refractivity contribution in [1.82, 2.24) is 15.2 Å². The summed E-state index contributed by atoms with van der Waals surface area (Å²) >= 11 is 0. The van der Waals surface area contributed by atoms with Crippen molar-refractivity contribution >= 4 is 11.1 Å². The lowest BCUT2D eigenvalue weighted by Gasteiger charge is -2.42. The van der Waals surface area contributed by atoms with Crippen LogP contribution >= 0.6 is 0 Å². The van der Waals surface area contributed by atoms with Crippen molar-refractivity contribution in [3.63, 3.8) is 0 Å². The van der Waals surface area contributed by atoms with E-state index in [0.29, 0.717) is 0 Å². The molecular weight excluding hydrogens is 318 g/mol. The third kappa shape index (κ3) is 3.99. The van der Waals surface area contributed by atoms with Gasteiger partial charge in [-0.25, -0.2) is 0 Å². The Balaban J connectivity index is 2.02. The van der Waals surface area contributed by atoms with Crippen LogP contribution in [-0.4, -0.2) is 26.7 Å². The van der Waals surface area contributed by atoms with E-state index in [1.165, 1.54) is 22.5 Å². The van der Waals surface area contributed by atoms with Crippen LogP contribution in [0.25, 0.3) is 11.1 Å². The van der Waals surface area contributed by atoms with Crippen LogP contribution in [0.1, 0.15) is 79.6 Å². The first-order chi connectivity index (χ1) is 11.7. The molecule has 2 aliphatic heterocycles. The predicted molar refractivity (Wildman–Crippen MR) is 113 cm³/mol. The van der Waals surface area contributed by atoms with Crippen LogP contribution in [0.15, 0.2) is 24.3 Å². The first kappa shape index (κ1) is 19.4. The van der Waals surface area contributed by atoms with Crippen molar-refractivity contribution < 1.29 is 0 Å². The first-order valence-corrected chi connectivity index (χ1v) is 9.87. The summed E-state index contributed by atoms with van der Waals surface area (Å²) in [4.78, 5) is 0. The molecular formula is C23H37N3. The minimum Gasteiger partial charge on any atom is -0.344 e. The van der Waals surface area contributed by atoms with Gasteiger partial charge < -0.3 is 15.2 Å². The maximum absolute atomic E-state index is 3.74. The van der Waals surface area contributed by atoms with Gasteiger partial charge in [0.05, 0.1) is 0 Å². The summed E-state index contributed by atoms with van der Waals surface area (Å²) in [7, 11) is 2.22. The van der Waals surface area contributed by atoms with E-state index in [1.807, 2.05) is 0 Å².